The van der Waals surface area contributed by atoms with E-state index in [9.17, 15) is 4.79 Å². The Morgan fingerprint density at radius 2 is 2.06 bits per heavy atom. The quantitative estimate of drug-likeness (QED) is 0.797. The molecule has 16 heavy (non-hydrogen) atoms. The number of ether oxygens (including phenoxy) is 2. The molecule has 5 heteroatoms. The first-order valence-corrected chi connectivity index (χ1v) is 4.85. The number of nitrogens with two attached hydrogens (primary N) is 1. The van der Waals surface area contributed by atoms with Crippen molar-refractivity contribution in [2.24, 2.45) is 5.73 Å². The molecule has 0 radical (unpaired) electrons. The van der Waals surface area contributed by atoms with Gasteiger partial charge in [-0.2, -0.15) is 0 Å². The molecule has 0 fully saturated rings. The molecular formula is C11H16N2O3. The highest BCUT2D eigenvalue weighted by molar-refractivity contribution is 5.94. The summed E-state index contributed by atoms with van der Waals surface area (Å²) in [6, 6.07) is 3.49. The fourth-order valence-electron chi connectivity index (χ4n) is 1.46. The minimum absolute atomic E-state index is 0.0613. The number of carbonyl (C=O) groups is 1. The minimum atomic E-state index is -0.261. The van der Waals surface area contributed by atoms with Crippen molar-refractivity contribution in [1.29, 1.82) is 0 Å². The zero-order valence-corrected chi connectivity index (χ0v) is 9.66. The van der Waals surface area contributed by atoms with Gasteiger partial charge >= 0.3 is 0 Å². The van der Waals surface area contributed by atoms with E-state index in [-0.39, 0.29) is 12.5 Å². The van der Waals surface area contributed by atoms with E-state index in [2.05, 4.69) is 5.32 Å². The maximum absolute atomic E-state index is 11.2. The maximum atomic E-state index is 11.2. The number of amides is 1. The van der Waals surface area contributed by atoms with E-state index in [0.29, 0.717) is 17.2 Å². The van der Waals surface area contributed by atoms with Crippen LogP contribution in [0.1, 0.15) is 5.56 Å². The van der Waals surface area contributed by atoms with E-state index in [1.54, 1.807) is 26.4 Å². The molecule has 0 bridgehead atoms. The summed E-state index contributed by atoms with van der Waals surface area (Å²) in [4.78, 5) is 11.2. The van der Waals surface area contributed by atoms with Crippen molar-refractivity contribution in [3.8, 4) is 11.5 Å². The Hall–Kier alpha value is -1.75. The predicted molar refractivity (Wildman–Crippen MR) is 62.0 cm³/mol. The van der Waals surface area contributed by atoms with Gasteiger partial charge in [-0.25, -0.2) is 0 Å². The molecule has 0 unspecified atom stereocenters. The summed E-state index contributed by atoms with van der Waals surface area (Å²) < 4.78 is 10.4. The fraction of sp³-hybridized carbons (Fsp3) is 0.364. The fourth-order valence-corrected chi connectivity index (χ4v) is 1.46. The lowest BCUT2D eigenvalue weighted by Gasteiger charge is -2.14. The molecule has 88 valence electrons. The van der Waals surface area contributed by atoms with Crippen molar-refractivity contribution in [2.75, 3.05) is 26.1 Å². The second kappa shape index (κ2) is 5.37. The van der Waals surface area contributed by atoms with Gasteiger partial charge in [0.15, 0.2) is 0 Å². The normalized spacial score (nSPS) is 9.75. The van der Waals surface area contributed by atoms with Crippen LogP contribution in [0, 0.1) is 6.92 Å². The maximum Gasteiger partial charge on any atom is 0.238 e. The zero-order chi connectivity index (χ0) is 12.1. The molecular weight excluding hydrogens is 208 g/mol. The van der Waals surface area contributed by atoms with Gasteiger partial charge in [-0.3, -0.25) is 4.79 Å². The van der Waals surface area contributed by atoms with Gasteiger partial charge in [-0.15, -0.1) is 0 Å². The third-order valence-electron chi connectivity index (χ3n) is 2.24. The van der Waals surface area contributed by atoms with Crippen molar-refractivity contribution < 1.29 is 14.3 Å². The standard InChI is InChI=1S/C11H16N2O3/c1-7-9(15-2)5-4-8(11(7)16-3)13-10(14)6-12/h4-5H,6,12H2,1-3H3,(H,13,14). The zero-order valence-electron chi connectivity index (χ0n) is 9.66. The van der Waals surface area contributed by atoms with Gasteiger partial charge < -0.3 is 20.5 Å². The summed E-state index contributed by atoms with van der Waals surface area (Å²) in [7, 11) is 3.12. The van der Waals surface area contributed by atoms with Crippen molar-refractivity contribution >= 4 is 11.6 Å². The molecule has 0 saturated carbocycles. The van der Waals surface area contributed by atoms with Gasteiger partial charge in [-0.1, -0.05) is 0 Å². The van der Waals surface area contributed by atoms with Crippen LogP contribution < -0.4 is 20.5 Å². The van der Waals surface area contributed by atoms with Crippen LogP contribution in [0.15, 0.2) is 12.1 Å². The monoisotopic (exact) mass is 224 g/mol. The highest BCUT2D eigenvalue weighted by Gasteiger charge is 2.12. The number of hydrogen-bond acceptors (Lipinski definition) is 4. The lowest BCUT2D eigenvalue weighted by Crippen LogP contribution is -2.22. The molecule has 0 spiro atoms. The number of rotatable bonds is 4. The molecule has 0 saturated heterocycles. The van der Waals surface area contributed by atoms with Gasteiger partial charge in [-0.05, 0) is 19.1 Å². The van der Waals surface area contributed by atoms with E-state index < -0.39 is 0 Å². The van der Waals surface area contributed by atoms with Crippen LogP contribution in [-0.2, 0) is 4.79 Å². The van der Waals surface area contributed by atoms with Crippen LogP contribution in [0.4, 0.5) is 5.69 Å². The molecule has 3 N–H and O–H groups in total. The Bertz CT molecular complexity index is 391. The van der Waals surface area contributed by atoms with Crippen LogP contribution in [0.3, 0.4) is 0 Å². The lowest BCUT2D eigenvalue weighted by molar-refractivity contribution is -0.114. The van der Waals surface area contributed by atoms with Gasteiger partial charge in [0.05, 0.1) is 26.5 Å². The summed E-state index contributed by atoms with van der Waals surface area (Å²) in [5, 5.41) is 2.66. The SMILES string of the molecule is COc1ccc(NC(=O)CN)c(OC)c1C. The van der Waals surface area contributed by atoms with Gasteiger partial charge in [0.2, 0.25) is 5.91 Å². The predicted octanol–water partition coefficient (Wildman–Crippen LogP) is 0.909. The molecule has 0 heterocycles. The molecule has 5 nitrogen and oxygen atoms in total. The number of nitrogens with one attached hydrogen (secondary N) is 1. The Morgan fingerprint density at radius 1 is 1.38 bits per heavy atom. The van der Waals surface area contributed by atoms with Crippen LogP contribution >= 0.6 is 0 Å². The number of hydrogen-bond donors (Lipinski definition) is 2. The molecule has 1 aromatic rings. The van der Waals surface area contributed by atoms with E-state index >= 15 is 0 Å². The number of carbonyl (C=O) groups excluding carboxylic acids is 1. The van der Waals surface area contributed by atoms with Crippen LogP contribution in [-0.4, -0.2) is 26.7 Å². The van der Waals surface area contributed by atoms with Crippen molar-refractivity contribution in [2.45, 2.75) is 6.92 Å². The molecule has 1 rings (SSSR count). The second-order valence-corrected chi connectivity index (χ2v) is 3.23. The van der Waals surface area contributed by atoms with Gasteiger partial charge in [0, 0.05) is 5.56 Å². The molecule has 0 atom stereocenters. The summed E-state index contributed by atoms with van der Waals surface area (Å²) in [6.07, 6.45) is 0. The molecule has 0 aliphatic carbocycles. The van der Waals surface area contributed by atoms with Gasteiger partial charge in [0.1, 0.15) is 11.5 Å². The Morgan fingerprint density at radius 3 is 2.56 bits per heavy atom. The first-order valence-electron chi connectivity index (χ1n) is 4.85. The number of anilines is 1. The number of benzene rings is 1. The molecule has 0 aromatic heterocycles. The Labute approximate surface area is 94.5 Å². The number of methoxy groups -OCH3 is 2. The molecule has 0 aliphatic heterocycles. The minimum Gasteiger partial charge on any atom is -0.496 e. The largest absolute Gasteiger partial charge is 0.496 e. The van der Waals surface area contributed by atoms with E-state index in [1.165, 1.54) is 0 Å². The first kappa shape index (κ1) is 12.3. The topological polar surface area (TPSA) is 73.6 Å². The summed E-state index contributed by atoms with van der Waals surface area (Å²) in [6.45, 7) is 1.80. The third kappa shape index (κ3) is 2.43. The summed E-state index contributed by atoms with van der Waals surface area (Å²) in [5.74, 6) is 1.03. The molecule has 0 aliphatic rings. The van der Waals surface area contributed by atoms with Gasteiger partial charge in [0.25, 0.3) is 0 Å². The molecule has 1 amide bonds. The highest BCUT2D eigenvalue weighted by Crippen LogP contribution is 2.34. The average Bonchev–Trinajstić information content (AvgIpc) is 2.29. The summed E-state index contributed by atoms with van der Waals surface area (Å²) >= 11 is 0. The highest BCUT2D eigenvalue weighted by atomic mass is 16.5. The van der Waals surface area contributed by atoms with E-state index in [1.807, 2.05) is 6.92 Å². The van der Waals surface area contributed by atoms with E-state index in [0.717, 1.165) is 5.56 Å². The third-order valence-corrected chi connectivity index (χ3v) is 2.24. The van der Waals surface area contributed by atoms with Crippen LogP contribution in [0.2, 0.25) is 0 Å². The Kier molecular flexibility index (Phi) is 4.13. The van der Waals surface area contributed by atoms with Crippen LogP contribution in [0.5, 0.6) is 11.5 Å². The second-order valence-electron chi connectivity index (χ2n) is 3.23. The van der Waals surface area contributed by atoms with Crippen LogP contribution in [0.25, 0.3) is 0 Å². The van der Waals surface area contributed by atoms with Crippen molar-refractivity contribution in [3.63, 3.8) is 0 Å². The summed E-state index contributed by atoms with van der Waals surface area (Å²) in [5.41, 5.74) is 6.65. The van der Waals surface area contributed by atoms with Crippen molar-refractivity contribution in [1.82, 2.24) is 0 Å². The van der Waals surface area contributed by atoms with Crippen molar-refractivity contribution in [3.05, 3.63) is 17.7 Å². The molecule has 1 aromatic carbocycles. The average molecular weight is 224 g/mol. The first-order chi connectivity index (χ1) is 7.63. The lowest BCUT2D eigenvalue weighted by atomic mass is 10.1. The smallest absolute Gasteiger partial charge is 0.238 e. The van der Waals surface area contributed by atoms with E-state index in [4.69, 9.17) is 15.2 Å². The Balaban J connectivity index is 3.10.